The molecule has 0 aromatic heterocycles. The van der Waals surface area contributed by atoms with Gasteiger partial charge in [-0.1, -0.05) is 62.2 Å². The lowest BCUT2D eigenvalue weighted by Crippen LogP contribution is -2.12. The van der Waals surface area contributed by atoms with Crippen molar-refractivity contribution in [1.29, 1.82) is 0 Å². The number of carbonyl (C=O) groups excluding carboxylic acids is 1. The first kappa shape index (κ1) is 23.6. The molecule has 3 aromatic rings. The average Bonchev–Trinajstić information content (AvgIpc) is 2.74. The van der Waals surface area contributed by atoms with Gasteiger partial charge in [0, 0.05) is 11.1 Å². The standard InChI is InChI=1S/C24H21Cl2NO5/c1-24(2,3)17-7-5-16(6-8-17)23(28)31-14-15-4-10-22(20(12-15)27(29)30)32-21-11-9-18(25)13-19(21)26/h4-13H,14H2,1-3H3. The third-order valence-corrected chi connectivity index (χ3v) is 5.22. The lowest BCUT2D eigenvalue weighted by Gasteiger charge is -2.18. The van der Waals surface area contributed by atoms with Crippen LogP contribution in [0.5, 0.6) is 11.5 Å². The molecule has 0 aliphatic heterocycles. The van der Waals surface area contributed by atoms with Crippen molar-refractivity contribution in [2.75, 3.05) is 0 Å². The molecule has 6 nitrogen and oxygen atoms in total. The van der Waals surface area contributed by atoms with E-state index in [1.165, 1.54) is 24.3 Å². The monoisotopic (exact) mass is 473 g/mol. The summed E-state index contributed by atoms with van der Waals surface area (Å²) in [7, 11) is 0. The van der Waals surface area contributed by atoms with E-state index < -0.39 is 10.9 Å². The molecule has 0 heterocycles. The molecule has 0 saturated carbocycles. The molecule has 166 valence electrons. The Morgan fingerprint density at radius 1 is 0.969 bits per heavy atom. The van der Waals surface area contributed by atoms with Crippen LogP contribution in [0.2, 0.25) is 10.0 Å². The Labute approximate surface area is 195 Å². The molecule has 0 bridgehead atoms. The van der Waals surface area contributed by atoms with Crippen molar-refractivity contribution in [1.82, 2.24) is 0 Å². The van der Waals surface area contributed by atoms with Gasteiger partial charge in [-0.15, -0.1) is 0 Å². The highest BCUT2D eigenvalue weighted by atomic mass is 35.5. The molecular weight excluding hydrogens is 453 g/mol. The van der Waals surface area contributed by atoms with Gasteiger partial charge in [0.25, 0.3) is 0 Å². The van der Waals surface area contributed by atoms with Crippen molar-refractivity contribution in [2.45, 2.75) is 32.8 Å². The zero-order chi connectivity index (χ0) is 23.5. The first-order valence-corrected chi connectivity index (χ1v) is 10.5. The SMILES string of the molecule is CC(C)(C)c1ccc(C(=O)OCc2ccc(Oc3ccc(Cl)cc3Cl)c([N+](=O)[O-])c2)cc1. The molecule has 32 heavy (non-hydrogen) atoms. The minimum absolute atomic E-state index is 0.00654. The summed E-state index contributed by atoms with van der Waals surface area (Å²) < 4.78 is 10.9. The summed E-state index contributed by atoms with van der Waals surface area (Å²) in [5.74, 6) is -0.273. The number of carbonyl (C=O) groups is 1. The molecule has 0 amide bonds. The summed E-state index contributed by atoms with van der Waals surface area (Å²) in [4.78, 5) is 23.3. The van der Waals surface area contributed by atoms with Crippen LogP contribution in [0.1, 0.15) is 42.3 Å². The molecule has 0 aliphatic carbocycles. The zero-order valence-corrected chi connectivity index (χ0v) is 19.2. The van der Waals surface area contributed by atoms with Gasteiger partial charge in [0.1, 0.15) is 12.4 Å². The number of nitro benzene ring substituents is 1. The van der Waals surface area contributed by atoms with Gasteiger partial charge in [0.2, 0.25) is 5.75 Å². The lowest BCUT2D eigenvalue weighted by molar-refractivity contribution is -0.385. The summed E-state index contributed by atoms with van der Waals surface area (Å²) in [5, 5.41) is 12.2. The first-order chi connectivity index (χ1) is 15.0. The highest BCUT2D eigenvalue weighted by Crippen LogP contribution is 2.36. The van der Waals surface area contributed by atoms with Gasteiger partial charge in [-0.3, -0.25) is 10.1 Å². The number of rotatable bonds is 6. The largest absolute Gasteiger partial charge is 0.457 e. The number of esters is 1. The molecule has 3 rings (SSSR count). The van der Waals surface area contributed by atoms with E-state index >= 15 is 0 Å². The highest BCUT2D eigenvalue weighted by Gasteiger charge is 2.19. The van der Waals surface area contributed by atoms with Gasteiger partial charge in [0.15, 0.2) is 0 Å². The Kier molecular flexibility index (Phi) is 7.06. The van der Waals surface area contributed by atoms with E-state index in [-0.39, 0.29) is 34.2 Å². The zero-order valence-electron chi connectivity index (χ0n) is 17.7. The van der Waals surface area contributed by atoms with E-state index in [2.05, 4.69) is 20.8 Å². The fraction of sp³-hybridized carbons (Fsp3) is 0.208. The molecule has 0 spiro atoms. The number of nitrogens with zero attached hydrogens (tertiary/aromatic N) is 1. The van der Waals surface area contributed by atoms with Gasteiger partial charge in [-0.2, -0.15) is 0 Å². The Balaban J connectivity index is 1.73. The maximum Gasteiger partial charge on any atom is 0.338 e. The van der Waals surface area contributed by atoms with Crippen LogP contribution in [-0.4, -0.2) is 10.9 Å². The molecular formula is C24H21Cl2NO5. The number of nitro groups is 1. The molecule has 3 aromatic carbocycles. The molecule has 8 heteroatoms. The third kappa shape index (κ3) is 5.78. The summed E-state index contributed by atoms with van der Waals surface area (Å²) >= 11 is 11.9. The normalized spacial score (nSPS) is 11.2. The Bertz CT molecular complexity index is 1150. The van der Waals surface area contributed by atoms with Gasteiger partial charge >= 0.3 is 11.7 Å². The van der Waals surface area contributed by atoms with Crippen molar-refractivity contribution in [3.8, 4) is 11.5 Å². The Morgan fingerprint density at radius 2 is 1.62 bits per heavy atom. The van der Waals surface area contributed by atoms with Crippen LogP contribution in [-0.2, 0) is 16.8 Å². The van der Waals surface area contributed by atoms with Crippen molar-refractivity contribution in [2.24, 2.45) is 0 Å². The van der Waals surface area contributed by atoms with Crippen molar-refractivity contribution in [3.05, 3.63) is 97.5 Å². The molecule has 0 aliphatic rings. The summed E-state index contributed by atoms with van der Waals surface area (Å²) in [5.41, 5.74) is 1.65. The van der Waals surface area contributed by atoms with E-state index in [0.717, 1.165) is 5.56 Å². The highest BCUT2D eigenvalue weighted by molar-refractivity contribution is 6.35. The van der Waals surface area contributed by atoms with Crippen LogP contribution in [0.25, 0.3) is 0 Å². The molecule has 0 atom stereocenters. The lowest BCUT2D eigenvalue weighted by atomic mass is 9.87. The molecule has 0 saturated heterocycles. The van der Waals surface area contributed by atoms with Crippen molar-refractivity contribution in [3.63, 3.8) is 0 Å². The number of benzene rings is 3. The minimum Gasteiger partial charge on any atom is -0.457 e. The number of hydrogen-bond donors (Lipinski definition) is 0. The summed E-state index contributed by atoms with van der Waals surface area (Å²) in [6, 6.07) is 16.1. The Morgan fingerprint density at radius 3 is 2.22 bits per heavy atom. The molecule has 0 unspecified atom stereocenters. The van der Waals surface area contributed by atoms with E-state index in [1.54, 1.807) is 24.3 Å². The number of ether oxygens (including phenoxy) is 2. The van der Waals surface area contributed by atoms with Crippen molar-refractivity contribution < 1.29 is 19.2 Å². The fourth-order valence-electron chi connectivity index (χ4n) is 2.90. The van der Waals surface area contributed by atoms with Crippen LogP contribution < -0.4 is 4.74 Å². The third-order valence-electron chi connectivity index (χ3n) is 4.69. The smallest absolute Gasteiger partial charge is 0.338 e. The Hall–Kier alpha value is -3.09. The topological polar surface area (TPSA) is 78.7 Å². The predicted octanol–water partition coefficient (Wildman–Crippen LogP) is 7.35. The first-order valence-electron chi connectivity index (χ1n) is 9.72. The molecule has 0 N–H and O–H groups in total. The average molecular weight is 474 g/mol. The van der Waals surface area contributed by atoms with Crippen LogP contribution in [0.4, 0.5) is 5.69 Å². The summed E-state index contributed by atoms with van der Waals surface area (Å²) in [6.45, 7) is 6.13. The van der Waals surface area contributed by atoms with Gasteiger partial charge in [0.05, 0.1) is 15.5 Å². The van der Waals surface area contributed by atoms with Crippen LogP contribution >= 0.6 is 23.2 Å². The second-order valence-electron chi connectivity index (χ2n) is 8.14. The number of halogens is 2. The minimum atomic E-state index is -0.574. The van der Waals surface area contributed by atoms with E-state index in [4.69, 9.17) is 32.7 Å². The van der Waals surface area contributed by atoms with Gasteiger partial charge in [-0.05, 0) is 52.9 Å². The van der Waals surface area contributed by atoms with Gasteiger partial charge in [-0.25, -0.2) is 4.79 Å². The maximum atomic E-state index is 12.4. The predicted molar refractivity (Wildman–Crippen MR) is 124 cm³/mol. The van der Waals surface area contributed by atoms with Crippen LogP contribution in [0, 0.1) is 10.1 Å². The summed E-state index contributed by atoms with van der Waals surface area (Å²) in [6.07, 6.45) is 0. The van der Waals surface area contributed by atoms with E-state index in [9.17, 15) is 14.9 Å². The quantitative estimate of drug-likeness (QED) is 0.212. The fourth-order valence-corrected chi connectivity index (χ4v) is 3.34. The maximum absolute atomic E-state index is 12.4. The second-order valence-corrected chi connectivity index (χ2v) is 8.98. The van der Waals surface area contributed by atoms with Gasteiger partial charge < -0.3 is 9.47 Å². The number of hydrogen-bond acceptors (Lipinski definition) is 5. The van der Waals surface area contributed by atoms with Crippen LogP contribution in [0.15, 0.2) is 60.7 Å². The van der Waals surface area contributed by atoms with Crippen molar-refractivity contribution >= 4 is 34.9 Å². The molecule has 0 fully saturated rings. The van der Waals surface area contributed by atoms with Crippen LogP contribution in [0.3, 0.4) is 0 Å². The second kappa shape index (κ2) is 9.59. The van der Waals surface area contributed by atoms with E-state index in [1.807, 2.05) is 12.1 Å². The van der Waals surface area contributed by atoms with E-state index in [0.29, 0.717) is 16.1 Å². The molecule has 0 radical (unpaired) electrons.